The van der Waals surface area contributed by atoms with Crippen molar-refractivity contribution in [3.63, 3.8) is 0 Å². The van der Waals surface area contributed by atoms with Crippen LogP contribution >= 0.6 is 0 Å². The molecule has 3 N–H and O–H groups in total. The number of amides is 1. The Kier molecular flexibility index (Phi) is 8.53. The number of anilines is 2. The molecule has 1 aromatic carbocycles. The van der Waals surface area contributed by atoms with Gasteiger partial charge in [-0.25, -0.2) is 18.6 Å². The molecule has 3 rings (SSSR count). The summed E-state index contributed by atoms with van der Waals surface area (Å²) < 4.78 is 39.0. The van der Waals surface area contributed by atoms with Crippen LogP contribution in [0.3, 0.4) is 0 Å². The highest BCUT2D eigenvalue weighted by Gasteiger charge is 2.24. The fourth-order valence-electron chi connectivity index (χ4n) is 3.51. The van der Waals surface area contributed by atoms with Crippen LogP contribution in [0, 0.1) is 11.6 Å². The first-order valence-electron chi connectivity index (χ1n) is 11.1. The third kappa shape index (κ3) is 6.01. The predicted octanol–water partition coefficient (Wildman–Crippen LogP) is 2.46. The maximum absolute atomic E-state index is 14.0. The molecule has 0 spiro atoms. The molecule has 0 fully saturated rings. The summed E-state index contributed by atoms with van der Waals surface area (Å²) in [6.45, 7) is 2.37. The number of ether oxygens (including phenoxy) is 1. The molecule has 0 radical (unpaired) electrons. The summed E-state index contributed by atoms with van der Waals surface area (Å²) in [5, 5.41) is 0. The Labute approximate surface area is 199 Å². The number of aromatic amines is 1. The van der Waals surface area contributed by atoms with Crippen molar-refractivity contribution in [2.24, 2.45) is 0 Å². The highest BCUT2D eigenvalue weighted by atomic mass is 19.1. The Morgan fingerprint density at radius 3 is 2.77 bits per heavy atom. The molecular formula is C23H27F2N5O5. The number of nitrogens with one attached hydrogen (secondary N) is 1. The first-order chi connectivity index (χ1) is 16.8. The molecule has 0 atom stereocenters. The number of methoxy groups -OCH3 is 1. The zero-order chi connectivity index (χ0) is 25.5. The van der Waals surface area contributed by atoms with Gasteiger partial charge in [0.1, 0.15) is 17.5 Å². The SMILES string of the molecule is CCCCn1c(N)c(N(CCOC)C(=O)CCc2ncc(-c3ccc(F)cc3F)o2)c(=O)[nH]c1=O. The lowest BCUT2D eigenvalue weighted by Crippen LogP contribution is -2.42. The van der Waals surface area contributed by atoms with E-state index in [4.69, 9.17) is 14.9 Å². The number of aromatic nitrogens is 3. The first-order valence-corrected chi connectivity index (χ1v) is 11.1. The van der Waals surface area contributed by atoms with Gasteiger partial charge in [-0.3, -0.25) is 19.1 Å². The minimum atomic E-state index is -0.803. The van der Waals surface area contributed by atoms with Crippen LogP contribution < -0.4 is 21.9 Å². The van der Waals surface area contributed by atoms with Gasteiger partial charge in [-0.05, 0) is 18.6 Å². The number of hydrogen-bond donors (Lipinski definition) is 2. The fraction of sp³-hybridized carbons (Fsp3) is 0.391. The van der Waals surface area contributed by atoms with Gasteiger partial charge in [0.05, 0.1) is 18.4 Å². The van der Waals surface area contributed by atoms with Crippen LogP contribution in [0.5, 0.6) is 0 Å². The molecule has 2 heterocycles. The van der Waals surface area contributed by atoms with E-state index in [2.05, 4.69) is 9.97 Å². The average molecular weight is 491 g/mol. The lowest BCUT2D eigenvalue weighted by Gasteiger charge is -2.24. The van der Waals surface area contributed by atoms with E-state index in [-0.39, 0.29) is 61.3 Å². The smallest absolute Gasteiger partial charge is 0.330 e. The van der Waals surface area contributed by atoms with Crippen molar-refractivity contribution in [1.29, 1.82) is 0 Å². The number of unbranched alkanes of at least 4 members (excludes halogenated alkanes) is 1. The first kappa shape index (κ1) is 25.8. The molecular weight excluding hydrogens is 464 g/mol. The minimum Gasteiger partial charge on any atom is -0.441 e. The largest absolute Gasteiger partial charge is 0.441 e. The average Bonchev–Trinajstić information content (AvgIpc) is 3.28. The molecule has 0 bridgehead atoms. The van der Waals surface area contributed by atoms with E-state index in [1.807, 2.05) is 6.92 Å². The van der Waals surface area contributed by atoms with Crippen LogP contribution in [0.1, 0.15) is 32.1 Å². The van der Waals surface area contributed by atoms with E-state index in [1.165, 1.54) is 28.8 Å². The van der Waals surface area contributed by atoms with Crippen molar-refractivity contribution in [3.05, 3.63) is 62.8 Å². The number of halogens is 2. The zero-order valence-corrected chi connectivity index (χ0v) is 19.5. The normalized spacial score (nSPS) is 11.1. The van der Waals surface area contributed by atoms with Crippen molar-refractivity contribution in [1.82, 2.24) is 14.5 Å². The van der Waals surface area contributed by atoms with Gasteiger partial charge in [-0.15, -0.1) is 0 Å². The molecule has 0 saturated heterocycles. The number of aryl methyl sites for hydroxylation is 1. The number of benzene rings is 1. The summed E-state index contributed by atoms with van der Waals surface area (Å²) in [4.78, 5) is 45.4. The number of hydrogen-bond acceptors (Lipinski definition) is 7. The van der Waals surface area contributed by atoms with Gasteiger partial charge in [-0.2, -0.15) is 0 Å². The topological polar surface area (TPSA) is 136 Å². The van der Waals surface area contributed by atoms with Crippen molar-refractivity contribution in [2.75, 3.05) is 30.9 Å². The summed E-state index contributed by atoms with van der Waals surface area (Å²) >= 11 is 0. The molecule has 0 saturated carbocycles. The van der Waals surface area contributed by atoms with Gasteiger partial charge in [0.25, 0.3) is 5.56 Å². The van der Waals surface area contributed by atoms with Gasteiger partial charge < -0.3 is 19.8 Å². The second-order valence-corrected chi connectivity index (χ2v) is 7.78. The van der Waals surface area contributed by atoms with E-state index in [0.717, 1.165) is 18.6 Å². The second-order valence-electron chi connectivity index (χ2n) is 7.78. The van der Waals surface area contributed by atoms with Crippen LogP contribution in [0.4, 0.5) is 20.3 Å². The number of H-pyrrole nitrogens is 1. The van der Waals surface area contributed by atoms with Crippen molar-refractivity contribution >= 4 is 17.4 Å². The van der Waals surface area contributed by atoms with E-state index in [1.54, 1.807) is 0 Å². The number of nitrogens with zero attached hydrogens (tertiary/aromatic N) is 3. The van der Waals surface area contributed by atoms with E-state index in [9.17, 15) is 23.2 Å². The number of rotatable bonds is 11. The maximum Gasteiger partial charge on any atom is 0.330 e. The standard InChI is InChI=1S/C23H27F2N5O5/c1-3-4-9-30-21(26)20(22(32)28-23(30)33)29(10-11-34-2)19(31)8-7-18-27-13-17(35-18)15-6-5-14(24)12-16(15)25/h5-6,12-13H,3-4,7-11,26H2,1-2H3,(H,28,32,33). The van der Waals surface area contributed by atoms with E-state index >= 15 is 0 Å². The van der Waals surface area contributed by atoms with Crippen molar-refractivity contribution in [3.8, 4) is 11.3 Å². The molecule has 3 aromatic rings. The molecule has 12 heteroatoms. The van der Waals surface area contributed by atoms with E-state index in [0.29, 0.717) is 6.42 Å². The Bertz CT molecular complexity index is 1300. The molecule has 0 unspecified atom stereocenters. The lowest BCUT2D eigenvalue weighted by atomic mass is 10.2. The van der Waals surface area contributed by atoms with Gasteiger partial charge in [0, 0.05) is 39.1 Å². The van der Waals surface area contributed by atoms with Crippen LogP contribution in [0.25, 0.3) is 11.3 Å². The lowest BCUT2D eigenvalue weighted by molar-refractivity contribution is -0.118. The summed E-state index contributed by atoms with van der Waals surface area (Å²) in [6.07, 6.45) is 2.65. The minimum absolute atomic E-state index is 0.0201. The number of oxazole rings is 1. The Morgan fingerprint density at radius 2 is 2.09 bits per heavy atom. The summed E-state index contributed by atoms with van der Waals surface area (Å²) in [7, 11) is 1.45. The quantitative estimate of drug-likeness (QED) is 0.420. The number of nitrogens with two attached hydrogens (primary N) is 1. The zero-order valence-electron chi connectivity index (χ0n) is 19.5. The second kappa shape index (κ2) is 11.6. The summed E-state index contributed by atoms with van der Waals surface area (Å²) in [5.74, 6) is -1.87. The predicted molar refractivity (Wildman–Crippen MR) is 125 cm³/mol. The summed E-state index contributed by atoms with van der Waals surface area (Å²) in [5.41, 5.74) is 4.62. The molecule has 188 valence electrons. The van der Waals surface area contributed by atoms with Gasteiger partial charge >= 0.3 is 5.69 Å². The number of nitrogen functional groups attached to an aromatic ring is 1. The van der Waals surface area contributed by atoms with Crippen LogP contribution in [0.2, 0.25) is 0 Å². The number of carbonyl (C=O) groups excluding carboxylic acids is 1. The highest BCUT2D eigenvalue weighted by molar-refractivity contribution is 5.95. The molecule has 1 amide bonds. The van der Waals surface area contributed by atoms with Crippen LogP contribution in [-0.2, 0) is 22.5 Å². The van der Waals surface area contributed by atoms with Gasteiger partial charge in [0.2, 0.25) is 5.91 Å². The molecule has 35 heavy (non-hydrogen) atoms. The van der Waals surface area contributed by atoms with Gasteiger partial charge in [0.15, 0.2) is 17.3 Å². The van der Waals surface area contributed by atoms with Crippen molar-refractivity contribution < 1.29 is 22.7 Å². The molecule has 0 aliphatic heterocycles. The van der Waals surface area contributed by atoms with Crippen LogP contribution in [0.15, 0.2) is 38.4 Å². The molecule has 2 aromatic heterocycles. The van der Waals surface area contributed by atoms with Crippen molar-refractivity contribution in [2.45, 2.75) is 39.2 Å². The number of carbonyl (C=O) groups is 1. The summed E-state index contributed by atoms with van der Waals surface area (Å²) in [6, 6.07) is 3.06. The Hall–Kier alpha value is -3.80. The van der Waals surface area contributed by atoms with Crippen LogP contribution in [-0.4, -0.2) is 40.7 Å². The van der Waals surface area contributed by atoms with E-state index < -0.39 is 28.8 Å². The monoisotopic (exact) mass is 491 g/mol. The third-order valence-electron chi connectivity index (χ3n) is 5.34. The Morgan fingerprint density at radius 1 is 1.31 bits per heavy atom. The third-order valence-corrected chi connectivity index (χ3v) is 5.34. The fourth-order valence-corrected chi connectivity index (χ4v) is 3.51. The Balaban J connectivity index is 1.83. The highest BCUT2D eigenvalue weighted by Crippen LogP contribution is 2.25. The van der Waals surface area contributed by atoms with Gasteiger partial charge in [-0.1, -0.05) is 13.3 Å². The molecule has 0 aliphatic carbocycles. The maximum atomic E-state index is 14.0. The molecule has 0 aliphatic rings. The molecule has 10 nitrogen and oxygen atoms in total.